The molecule has 0 aliphatic heterocycles. The fourth-order valence-corrected chi connectivity index (χ4v) is 1.93. The molecule has 1 atom stereocenters. The van der Waals surface area contributed by atoms with E-state index in [9.17, 15) is 9.90 Å². The highest BCUT2D eigenvalue weighted by molar-refractivity contribution is 5.76. The molecule has 0 saturated heterocycles. The molecule has 0 aromatic heterocycles. The van der Waals surface area contributed by atoms with Gasteiger partial charge in [-0.2, -0.15) is 0 Å². The molecule has 0 bridgehead atoms. The maximum Gasteiger partial charge on any atom is 0.220 e. The van der Waals surface area contributed by atoms with Gasteiger partial charge in [-0.1, -0.05) is 30.3 Å². The van der Waals surface area contributed by atoms with E-state index in [1.165, 1.54) is 12.8 Å². The summed E-state index contributed by atoms with van der Waals surface area (Å²) in [5, 5.41) is 12.2. The smallest absolute Gasteiger partial charge is 0.220 e. The molecular weight excluding hydrogens is 214 g/mol. The van der Waals surface area contributed by atoms with Crippen LogP contribution in [0.3, 0.4) is 0 Å². The number of amides is 1. The first-order valence-electron chi connectivity index (χ1n) is 6.22. The maximum absolute atomic E-state index is 11.6. The molecule has 0 radical (unpaired) electrons. The Morgan fingerprint density at radius 2 is 2.06 bits per heavy atom. The van der Waals surface area contributed by atoms with Gasteiger partial charge < -0.3 is 10.4 Å². The van der Waals surface area contributed by atoms with Gasteiger partial charge in [0.1, 0.15) is 0 Å². The average molecular weight is 233 g/mol. The molecule has 17 heavy (non-hydrogen) atoms. The second-order valence-corrected chi connectivity index (χ2v) is 4.78. The molecule has 3 nitrogen and oxygen atoms in total. The third-order valence-electron chi connectivity index (χ3n) is 3.08. The SMILES string of the molecule is O=C(CC1CC1)N[C@H](CO)Cc1ccccc1. The first-order valence-corrected chi connectivity index (χ1v) is 6.22. The van der Waals surface area contributed by atoms with Crippen molar-refractivity contribution in [1.29, 1.82) is 0 Å². The average Bonchev–Trinajstić information content (AvgIpc) is 3.13. The van der Waals surface area contributed by atoms with Gasteiger partial charge in [0.25, 0.3) is 0 Å². The molecule has 92 valence electrons. The van der Waals surface area contributed by atoms with Gasteiger partial charge in [0.2, 0.25) is 5.91 Å². The van der Waals surface area contributed by atoms with Crippen LogP contribution < -0.4 is 5.32 Å². The molecular formula is C14H19NO2. The van der Waals surface area contributed by atoms with Crippen molar-refractivity contribution in [3.8, 4) is 0 Å². The van der Waals surface area contributed by atoms with Crippen LogP contribution in [0.2, 0.25) is 0 Å². The van der Waals surface area contributed by atoms with Crippen molar-refractivity contribution in [3.05, 3.63) is 35.9 Å². The Labute approximate surface area is 102 Å². The van der Waals surface area contributed by atoms with Gasteiger partial charge in [-0.25, -0.2) is 0 Å². The topological polar surface area (TPSA) is 49.3 Å². The zero-order chi connectivity index (χ0) is 12.1. The molecule has 0 heterocycles. The standard InChI is InChI=1S/C14H19NO2/c16-10-13(8-11-4-2-1-3-5-11)15-14(17)9-12-6-7-12/h1-5,12-13,16H,6-10H2,(H,15,17)/t13-/m0/s1. The normalized spacial score (nSPS) is 16.5. The van der Waals surface area contributed by atoms with Gasteiger partial charge in [-0.3, -0.25) is 4.79 Å². The van der Waals surface area contributed by atoms with Crippen molar-refractivity contribution in [2.75, 3.05) is 6.61 Å². The molecule has 1 aromatic carbocycles. The summed E-state index contributed by atoms with van der Waals surface area (Å²) in [6.45, 7) is -0.00863. The van der Waals surface area contributed by atoms with Gasteiger partial charge in [0.05, 0.1) is 12.6 Å². The quantitative estimate of drug-likeness (QED) is 0.782. The summed E-state index contributed by atoms with van der Waals surface area (Å²) in [6.07, 6.45) is 3.66. The van der Waals surface area contributed by atoms with E-state index in [2.05, 4.69) is 5.32 Å². The third kappa shape index (κ3) is 4.19. The van der Waals surface area contributed by atoms with Gasteiger partial charge in [0.15, 0.2) is 0 Å². The molecule has 1 aliphatic rings. The van der Waals surface area contributed by atoms with E-state index in [1.54, 1.807) is 0 Å². The van der Waals surface area contributed by atoms with Gasteiger partial charge in [-0.05, 0) is 30.7 Å². The number of hydrogen-bond acceptors (Lipinski definition) is 2. The van der Waals surface area contributed by atoms with E-state index in [4.69, 9.17) is 0 Å². The summed E-state index contributed by atoms with van der Waals surface area (Å²) < 4.78 is 0. The summed E-state index contributed by atoms with van der Waals surface area (Å²) in [7, 11) is 0. The number of aliphatic hydroxyl groups is 1. The van der Waals surface area contributed by atoms with Crippen LogP contribution in [0.25, 0.3) is 0 Å². The molecule has 1 saturated carbocycles. The predicted molar refractivity (Wildman–Crippen MR) is 66.5 cm³/mol. The third-order valence-corrected chi connectivity index (χ3v) is 3.08. The van der Waals surface area contributed by atoms with Crippen LogP contribution >= 0.6 is 0 Å². The summed E-state index contributed by atoms with van der Waals surface area (Å²) in [4.78, 5) is 11.6. The summed E-state index contributed by atoms with van der Waals surface area (Å²) in [6, 6.07) is 9.75. The van der Waals surface area contributed by atoms with Crippen LogP contribution in [-0.4, -0.2) is 23.7 Å². The van der Waals surface area contributed by atoms with Gasteiger partial charge >= 0.3 is 0 Å². The number of carbonyl (C=O) groups is 1. The maximum atomic E-state index is 11.6. The lowest BCUT2D eigenvalue weighted by Gasteiger charge is -2.16. The van der Waals surface area contributed by atoms with Crippen LogP contribution in [0.1, 0.15) is 24.8 Å². The molecule has 0 spiro atoms. The van der Waals surface area contributed by atoms with Gasteiger partial charge in [-0.15, -0.1) is 0 Å². The first kappa shape index (κ1) is 12.1. The highest BCUT2D eigenvalue weighted by atomic mass is 16.3. The van der Waals surface area contributed by atoms with E-state index in [0.29, 0.717) is 18.8 Å². The molecule has 1 aliphatic carbocycles. The minimum atomic E-state index is -0.163. The second kappa shape index (κ2) is 5.82. The molecule has 2 rings (SSSR count). The van der Waals surface area contributed by atoms with Crippen LogP contribution in [0.4, 0.5) is 0 Å². The number of nitrogens with one attached hydrogen (secondary N) is 1. The second-order valence-electron chi connectivity index (χ2n) is 4.78. The highest BCUT2D eigenvalue weighted by Gasteiger charge is 2.25. The number of hydrogen-bond donors (Lipinski definition) is 2. The van der Waals surface area contributed by atoms with Crippen molar-refractivity contribution >= 4 is 5.91 Å². The minimum Gasteiger partial charge on any atom is -0.394 e. The van der Waals surface area contributed by atoms with Crippen LogP contribution in [0, 0.1) is 5.92 Å². The van der Waals surface area contributed by atoms with E-state index in [1.807, 2.05) is 30.3 Å². The molecule has 1 amide bonds. The number of carbonyl (C=O) groups excluding carboxylic acids is 1. The zero-order valence-electron chi connectivity index (χ0n) is 9.93. The van der Waals surface area contributed by atoms with Crippen molar-refractivity contribution in [3.63, 3.8) is 0 Å². The monoisotopic (exact) mass is 233 g/mol. The number of rotatable bonds is 6. The Balaban J connectivity index is 1.81. The molecule has 3 heteroatoms. The van der Waals surface area contributed by atoms with Gasteiger partial charge in [0, 0.05) is 6.42 Å². The largest absolute Gasteiger partial charge is 0.394 e. The lowest BCUT2D eigenvalue weighted by atomic mass is 10.1. The molecule has 1 aromatic rings. The minimum absolute atomic E-state index is 0.00863. The highest BCUT2D eigenvalue weighted by Crippen LogP contribution is 2.32. The molecule has 1 fully saturated rings. The number of benzene rings is 1. The van der Waals surface area contributed by atoms with Crippen LogP contribution in [0.15, 0.2) is 30.3 Å². The lowest BCUT2D eigenvalue weighted by Crippen LogP contribution is -2.39. The Hall–Kier alpha value is -1.35. The number of aliphatic hydroxyl groups excluding tert-OH is 1. The Kier molecular flexibility index (Phi) is 4.15. The van der Waals surface area contributed by atoms with E-state index < -0.39 is 0 Å². The summed E-state index contributed by atoms with van der Waals surface area (Å²) >= 11 is 0. The zero-order valence-corrected chi connectivity index (χ0v) is 9.93. The Morgan fingerprint density at radius 1 is 1.35 bits per heavy atom. The van der Waals surface area contributed by atoms with Crippen molar-refractivity contribution < 1.29 is 9.90 Å². The van der Waals surface area contributed by atoms with E-state index in [-0.39, 0.29) is 18.6 Å². The predicted octanol–water partition coefficient (Wildman–Crippen LogP) is 1.51. The fraction of sp³-hybridized carbons (Fsp3) is 0.500. The van der Waals surface area contributed by atoms with Crippen molar-refractivity contribution in [2.45, 2.75) is 31.7 Å². The Bertz CT molecular complexity index is 360. The Morgan fingerprint density at radius 3 is 2.65 bits per heavy atom. The van der Waals surface area contributed by atoms with Crippen LogP contribution in [-0.2, 0) is 11.2 Å². The summed E-state index contributed by atoms with van der Waals surface area (Å²) in [5.74, 6) is 0.661. The van der Waals surface area contributed by atoms with Crippen LogP contribution in [0.5, 0.6) is 0 Å². The first-order chi connectivity index (χ1) is 8.28. The summed E-state index contributed by atoms with van der Waals surface area (Å²) in [5.41, 5.74) is 1.14. The lowest BCUT2D eigenvalue weighted by molar-refractivity contribution is -0.122. The van der Waals surface area contributed by atoms with E-state index >= 15 is 0 Å². The molecule has 2 N–H and O–H groups in total. The van der Waals surface area contributed by atoms with Crippen molar-refractivity contribution in [2.24, 2.45) is 5.92 Å². The van der Waals surface area contributed by atoms with Crippen molar-refractivity contribution in [1.82, 2.24) is 5.32 Å². The van der Waals surface area contributed by atoms with E-state index in [0.717, 1.165) is 5.56 Å². The molecule has 0 unspecified atom stereocenters. The fourth-order valence-electron chi connectivity index (χ4n) is 1.93.